The summed E-state index contributed by atoms with van der Waals surface area (Å²) in [7, 11) is 0. The van der Waals surface area contributed by atoms with Crippen LogP contribution in [-0.4, -0.2) is 19.5 Å². The Bertz CT molecular complexity index is 618. The molecule has 5 nitrogen and oxygen atoms in total. The third kappa shape index (κ3) is 2.51. The number of nitriles is 1. The number of hydrogen-bond acceptors (Lipinski definition) is 4. The lowest BCUT2D eigenvalue weighted by atomic mass is 9.97. The van der Waals surface area contributed by atoms with Gasteiger partial charge in [0.2, 0.25) is 5.82 Å². The number of aromatic nitrogens is 4. The second kappa shape index (κ2) is 4.65. The fraction of sp³-hybridized carbons (Fsp3) is 0.500. The largest absolute Gasteiger partial charge is 0.311 e. The number of alkyl halides is 1. The average molecular weight is 308 g/mol. The Morgan fingerprint density at radius 3 is 2.67 bits per heavy atom. The monoisotopic (exact) mass is 307 g/mol. The van der Waals surface area contributed by atoms with E-state index < -0.39 is 0 Å². The molecule has 0 unspecified atom stereocenters. The smallest absolute Gasteiger partial charge is 0.234 e. The van der Waals surface area contributed by atoms with Crippen LogP contribution in [0, 0.1) is 16.7 Å². The number of fused-ring (bicyclic) bond motifs is 1. The first kappa shape index (κ1) is 13.0. The molecule has 0 N–H and O–H groups in total. The van der Waals surface area contributed by atoms with E-state index in [-0.39, 0.29) is 11.2 Å². The van der Waals surface area contributed by atoms with Gasteiger partial charge in [-0.15, -0.1) is 0 Å². The Balaban J connectivity index is 2.63. The van der Waals surface area contributed by atoms with Gasteiger partial charge in [-0.1, -0.05) is 36.7 Å². The van der Waals surface area contributed by atoms with Gasteiger partial charge in [0.25, 0.3) is 0 Å². The summed E-state index contributed by atoms with van der Waals surface area (Å²) in [4.78, 5) is 12.7. The van der Waals surface area contributed by atoms with Gasteiger partial charge in [0, 0.05) is 6.54 Å². The molecule has 0 aliphatic rings. The van der Waals surface area contributed by atoms with Crippen molar-refractivity contribution in [3.8, 4) is 6.07 Å². The van der Waals surface area contributed by atoms with Crippen molar-refractivity contribution in [2.75, 3.05) is 0 Å². The van der Waals surface area contributed by atoms with Crippen LogP contribution in [0.5, 0.6) is 0 Å². The molecule has 2 heterocycles. The maximum absolute atomic E-state index is 8.87. The highest BCUT2D eigenvalue weighted by Gasteiger charge is 2.18. The summed E-state index contributed by atoms with van der Waals surface area (Å²) in [6, 6.07) is 1.96. The van der Waals surface area contributed by atoms with Gasteiger partial charge in [-0.2, -0.15) is 10.2 Å². The third-order valence-corrected chi connectivity index (χ3v) is 2.92. The summed E-state index contributed by atoms with van der Waals surface area (Å²) >= 11 is 3.43. The van der Waals surface area contributed by atoms with Crippen molar-refractivity contribution >= 4 is 27.1 Å². The molecule has 0 saturated carbocycles. The molecule has 0 fully saturated rings. The highest BCUT2D eigenvalue weighted by atomic mass is 79.9. The summed E-state index contributed by atoms with van der Waals surface area (Å²) in [5.74, 6) is 1.09. The average Bonchev–Trinajstić information content (AvgIpc) is 2.64. The van der Waals surface area contributed by atoms with E-state index in [0.29, 0.717) is 5.33 Å². The standard InChI is InChI=1S/C12H14BrN5/c1-12(2,3)7-18-10(4-13)16-8-6-15-9(5-14)17-11(8)18/h6H,4,7H2,1-3H3. The highest BCUT2D eigenvalue weighted by molar-refractivity contribution is 9.08. The molecule has 18 heavy (non-hydrogen) atoms. The molecule has 0 amide bonds. The number of hydrogen-bond donors (Lipinski definition) is 0. The van der Waals surface area contributed by atoms with Crippen LogP contribution in [0.4, 0.5) is 0 Å². The van der Waals surface area contributed by atoms with Gasteiger partial charge >= 0.3 is 0 Å². The first-order valence-electron chi connectivity index (χ1n) is 5.63. The molecule has 0 bridgehead atoms. The normalized spacial score (nSPS) is 11.7. The lowest BCUT2D eigenvalue weighted by molar-refractivity contribution is 0.344. The topological polar surface area (TPSA) is 67.4 Å². The molecule has 0 aliphatic heterocycles. The van der Waals surface area contributed by atoms with Crippen LogP contribution in [-0.2, 0) is 11.9 Å². The summed E-state index contributed by atoms with van der Waals surface area (Å²) in [5, 5.41) is 9.52. The Hall–Kier alpha value is -1.48. The van der Waals surface area contributed by atoms with Gasteiger partial charge in [-0.3, -0.25) is 0 Å². The Labute approximate surface area is 114 Å². The molecule has 0 aliphatic carbocycles. The van der Waals surface area contributed by atoms with Crippen molar-refractivity contribution in [1.82, 2.24) is 19.5 Å². The van der Waals surface area contributed by atoms with Gasteiger partial charge in [0.15, 0.2) is 5.65 Å². The van der Waals surface area contributed by atoms with Crippen LogP contribution in [0.1, 0.15) is 32.4 Å². The van der Waals surface area contributed by atoms with Gasteiger partial charge in [-0.05, 0) is 5.41 Å². The van der Waals surface area contributed by atoms with E-state index in [2.05, 4.69) is 51.7 Å². The van der Waals surface area contributed by atoms with Crippen LogP contribution in [0.2, 0.25) is 0 Å². The summed E-state index contributed by atoms with van der Waals surface area (Å²) in [5.41, 5.74) is 1.57. The maximum Gasteiger partial charge on any atom is 0.234 e. The van der Waals surface area contributed by atoms with E-state index in [1.807, 2.05) is 10.6 Å². The predicted octanol–water partition coefficient (Wildman–Crippen LogP) is 2.64. The predicted molar refractivity (Wildman–Crippen MR) is 72.1 cm³/mol. The van der Waals surface area contributed by atoms with Crippen molar-refractivity contribution < 1.29 is 0 Å². The van der Waals surface area contributed by atoms with Gasteiger partial charge < -0.3 is 4.57 Å². The van der Waals surface area contributed by atoms with Gasteiger partial charge in [-0.25, -0.2) is 9.97 Å². The zero-order chi connectivity index (χ0) is 13.3. The lowest BCUT2D eigenvalue weighted by Gasteiger charge is -2.20. The second-order valence-corrected chi connectivity index (χ2v) is 5.88. The quantitative estimate of drug-likeness (QED) is 0.800. The fourth-order valence-electron chi connectivity index (χ4n) is 1.76. The molecule has 94 valence electrons. The first-order chi connectivity index (χ1) is 8.44. The van der Waals surface area contributed by atoms with Gasteiger partial charge in [0.05, 0.1) is 11.5 Å². The molecule has 2 rings (SSSR count). The highest BCUT2D eigenvalue weighted by Crippen LogP contribution is 2.23. The molecule has 0 radical (unpaired) electrons. The molecule has 2 aromatic heterocycles. The number of nitrogens with zero attached hydrogens (tertiary/aromatic N) is 5. The Kier molecular flexibility index (Phi) is 3.35. The number of halogens is 1. The third-order valence-electron chi connectivity index (χ3n) is 2.42. The SMILES string of the molecule is CC(C)(C)Cn1c(CBr)nc2cnc(C#N)nc21. The Morgan fingerprint density at radius 2 is 2.11 bits per heavy atom. The zero-order valence-corrected chi connectivity index (χ0v) is 12.2. The molecule has 2 aromatic rings. The molecule has 0 atom stereocenters. The molecular weight excluding hydrogens is 294 g/mol. The lowest BCUT2D eigenvalue weighted by Crippen LogP contribution is -2.17. The minimum Gasteiger partial charge on any atom is -0.311 e. The van der Waals surface area contributed by atoms with Crippen molar-refractivity contribution in [2.24, 2.45) is 5.41 Å². The summed E-state index contributed by atoms with van der Waals surface area (Å²) in [6.45, 7) is 7.27. The molecule has 0 aromatic carbocycles. The van der Waals surface area contributed by atoms with Crippen LogP contribution in [0.3, 0.4) is 0 Å². The van der Waals surface area contributed by atoms with Crippen LogP contribution in [0.15, 0.2) is 6.20 Å². The second-order valence-electron chi connectivity index (χ2n) is 5.32. The number of imidazole rings is 1. The molecule has 6 heteroatoms. The minimum absolute atomic E-state index is 0.113. The van der Waals surface area contributed by atoms with E-state index in [9.17, 15) is 0 Å². The molecule has 0 saturated heterocycles. The van der Waals surface area contributed by atoms with E-state index >= 15 is 0 Å². The van der Waals surface area contributed by atoms with Crippen molar-refractivity contribution in [3.63, 3.8) is 0 Å². The minimum atomic E-state index is 0.113. The fourth-order valence-corrected chi connectivity index (χ4v) is 2.19. The van der Waals surface area contributed by atoms with Crippen LogP contribution < -0.4 is 0 Å². The Morgan fingerprint density at radius 1 is 1.39 bits per heavy atom. The molecular formula is C12H14BrN5. The summed E-state index contributed by atoms with van der Waals surface area (Å²) < 4.78 is 2.05. The van der Waals surface area contributed by atoms with Crippen LogP contribution >= 0.6 is 15.9 Å². The van der Waals surface area contributed by atoms with Crippen molar-refractivity contribution in [2.45, 2.75) is 32.6 Å². The summed E-state index contributed by atoms with van der Waals surface area (Å²) in [6.07, 6.45) is 1.60. The maximum atomic E-state index is 8.87. The van der Waals surface area contributed by atoms with E-state index in [4.69, 9.17) is 5.26 Å². The number of rotatable bonds is 2. The molecule has 0 spiro atoms. The van der Waals surface area contributed by atoms with E-state index in [1.165, 1.54) is 0 Å². The van der Waals surface area contributed by atoms with E-state index in [0.717, 1.165) is 23.5 Å². The van der Waals surface area contributed by atoms with E-state index in [1.54, 1.807) is 6.20 Å². The first-order valence-corrected chi connectivity index (χ1v) is 6.75. The van der Waals surface area contributed by atoms with Crippen molar-refractivity contribution in [3.05, 3.63) is 17.8 Å². The van der Waals surface area contributed by atoms with Crippen molar-refractivity contribution in [1.29, 1.82) is 5.26 Å². The zero-order valence-electron chi connectivity index (χ0n) is 10.6. The van der Waals surface area contributed by atoms with Crippen LogP contribution in [0.25, 0.3) is 11.2 Å². The van der Waals surface area contributed by atoms with Gasteiger partial charge in [0.1, 0.15) is 17.4 Å².